The van der Waals surface area contributed by atoms with Crippen molar-refractivity contribution in [3.63, 3.8) is 0 Å². The van der Waals surface area contributed by atoms with Crippen LogP contribution in [0, 0.1) is 11.3 Å². The molecule has 0 aliphatic carbocycles. The molecular formula is C7H13NO2S. The van der Waals surface area contributed by atoms with Gasteiger partial charge >= 0.3 is 0 Å². The van der Waals surface area contributed by atoms with Gasteiger partial charge in [0.15, 0.2) is 9.84 Å². The average molecular weight is 175 g/mol. The predicted molar refractivity (Wildman–Crippen MR) is 43.8 cm³/mol. The van der Waals surface area contributed by atoms with Crippen molar-refractivity contribution >= 4 is 9.84 Å². The van der Waals surface area contributed by atoms with E-state index in [0.717, 1.165) is 0 Å². The molecule has 0 aliphatic heterocycles. The van der Waals surface area contributed by atoms with E-state index < -0.39 is 9.84 Å². The lowest BCUT2D eigenvalue weighted by atomic mass is 10.4. The van der Waals surface area contributed by atoms with E-state index in [0.29, 0.717) is 6.42 Å². The normalized spacial score (nSPS) is 13.9. The molecule has 0 amide bonds. The van der Waals surface area contributed by atoms with E-state index in [1.165, 1.54) is 0 Å². The Kier molecular flexibility index (Phi) is 4.12. The van der Waals surface area contributed by atoms with Gasteiger partial charge in [-0.1, -0.05) is 6.92 Å². The van der Waals surface area contributed by atoms with Crippen molar-refractivity contribution in [2.75, 3.05) is 5.75 Å². The Bertz CT molecular complexity index is 238. The Morgan fingerprint density at radius 2 is 2.09 bits per heavy atom. The zero-order chi connectivity index (χ0) is 8.91. The van der Waals surface area contributed by atoms with Crippen molar-refractivity contribution in [1.82, 2.24) is 0 Å². The molecule has 0 radical (unpaired) electrons. The van der Waals surface area contributed by atoms with Gasteiger partial charge in [-0.2, -0.15) is 5.26 Å². The largest absolute Gasteiger partial charge is 0.229 e. The molecule has 0 heterocycles. The van der Waals surface area contributed by atoms with Crippen LogP contribution in [0.2, 0.25) is 0 Å². The van der Waals surface area contributed by atoms with Crippen LogP contribution in [0.5, 0.6) is 0 Å². The molecule has 3 nitrogen and oxygen atoms in total. The van der Waals surface area contributed by atoms with E-state index in [1.807, 2.05) is 13.0 Å². The molecule has 0 aromatic carbocycles. The maximum absolute atomic E-state index is 11.2. The Labute approximate surface area is 67.9 Å². The van der Waals surface area contributed by atoms with Gasteiger partial charge in [-0.05, 0) is 13.3 Å². The standard InChI is InChI=1S/C7H13NO2S/c1-3-7(2)11(9,10)6-4-5-8/h7H,3-4,6H2,1-2H3. The third-order valence-electron chi connectivity index (χ3n) is 1.69. The molecule has 4 heteroatoms. The first kappa shape index (κ1) is 10.4. The fourth-order valence-corrected chi connectivity index (χ4v) is 1.93. The maximum atomic E-state index is 11.2. The molecule has 0 aliphatic rings. The molecule has 0 fully saturated rings. The van der Waals surface area contributed by atoms with Gasteiger partial charge in [-0.15, -0.1) is 0 Å². The first-order chi connectivity index (χ1) is 5.04. The van der Waals surface area contributed by atoms with E-state index in [9.17, 15) is 8.42 Å². The minimum Gasteiger partial charge on any atom is -0.229 e. The van der Waals surface area contributed by atoms with E-state index >= 15 is 0 Å². The number of hydrogen-bond donors (Lipinski definition) is 0. The van der Waals surface area contributed by atoms with Crippen LogP contribution in [-0.4, -0.2) is 19.4 Å². The monoisotopic (exact) mass is 175 g/mol. The summed E-state index contributed by atoms with van der Waals surface area (Å²) in [7, 11) is -3.00. The van der Waals surface area contributed by atoms with Gasteiger partial charge in [0.1, 0.15) is 0 Å². The van der Waals surface area contributed by atoms with Crippen LogP contribution in [0.15, 0.2) is 0 Å². The third-order valence-corrected chi connectivity index (χ3v) is 4.02. The number of hydrogen-bond acceptors (Lipinski definition) is 3. The Hall–Kier alpha value is -0.560. The van der Waals surface area contributed by atoms with Crippen LogP contribution < -0.4 is 0 Å². The Balaban J connectivity index is 4.14. The summed E-state index contributed by atoms with van der Waals surface area (Å²) in [5.74, 6) is -0.00148. The molecular weight excluding hydrogens is 162 g/mol. The van der Waals surface area contributed by atoms with Crippen LogP contribution in [0.1, 0.15) is 26.7 Å². The topological polar surface area (TPSA) is 57.9 Å². The summed E-state index contributed by atoms with van der Waals surface area (Å²) in [6.45, 7) is 3.50. The zero-order valence-corrected chi connectivity index (χ0v) is 7.69. The summed E-state index contributed by atoms with van der Waals surface area (Å²) >= 11 is 0. The van der Waals surface area contributed by atoms with Gasteiger partial charge in [0.25, 0.3) is 0 Å². The second kappa shape index (κ2) is 4.35. The van der Waals surface area contributed by atoms with Crippen molar-refractivity contribution < 1.29 is 8.42 Å². The van der Waals surface area contributed by atoms with E-state index in [1.54, 1.807) is 6.92 Å². The summed E-state index contributed by atoms with van der Waals surface area (Å²) in [6, 6.07) is 1.82. The van der Waals surface area contributed by atoms with Gasteiger partial charge in [0.2, 0.25) is 0 Å². The molecule has 0 aromatic rings. The number of nitrogens with zero attached hydrogens (tertiary/aromatic N) is 1. The fraction of sp³-hybridized carbons (Fsp3) is 0.857. The minimum absolute atomic E-state index is 0.00148. The minimum atomic E-state index is -3.00. The molecule has 0 aromatic heterocycles. The van der Waals surface area contributed by atoms with Crippen LogP contribution in [0.3, 0.4) is 0 Å². The second-order valence-corrected chi connectivity index (χ2v) is 5.03. The lowest BCUT2D eigenvalue weighted by molar-refractivity contribution is 0.581. The zero-order valence-electron chi connectivity index (χ0n) is 6.87. The summed E-state index contributed by atoms with van der Waals surface area (Å²) in [5, 5.41) is 7.86. The highest BCUT2D eigenvalue weighted by molar-refractivity contribution is 7.92. The molecule has 64 valence electrons. The smallest absolute Gasteiger partial charge is 0.153 e. The highest BCUT2D eigenvalue weighted by Gasteiger charge is 2.17. The Morgan fingerprint density at radius 3 is 2.45 bits per heavy atom. The summed E-state index contributed by atoms with van der Waals surface area (Å²) < 4.78 is 22.3. The van der Waals surface area contributed by atoms with Gasteiger partial charge in [-0.25, -0.2) is 8.42 Å². The van der Waals surface area contributed by atoms with Crippen LogP contribution in [0.4, 0.5) is 0 Å². The SMILES string of the molecule is CCC(C)S(=O)(=O)CCC#N. The predicted octanol–water partition coefficient (Wildman–Crippen LogP) is 1.11. The lowest BCUT2D eigenvalue weighted by Crippen LogP contribution is -2.19. The van der Waals surface area contributed by atoms with Crippen LogP contribution in [-0.2, 0) is 9.84 Å². The second-order valence-electron chi connectivity index (χ2n) is 2.49. The average Bonchev–Trinajstić information content (AvgIpc) is 1.99. The van der Waals surface area contributed by atoms with E-state index in [-0.39, 0.29) is 17.4 Å². The summed E-state index contributed by atoms with van der Waals surface area (Å²) in [5.41, 5.74) is 0. The number of sulfone groups is 1. The van der Waals surface area contributed by atoms with Crippen LogP contribution in [0.25, 0.3) is 0 Å². The fourth-order valence-electron chi connectivity index (χ4n) is 0.643. The quantitative estimate of drug-likeness (QED) is 0.643. The van der Waals surface area contributed by atoms with Gasteiger partial charge in [0.05, 0.1) is 17.1 Å². The van der Waals surface area contributed by atoms with Crippen molar-refractivity contribution in [1.29, 1.82) is 5.26 Å². The molecule has 1 atom stereocenters. The lowest BCUT2D eigenvalue weighted by Gasteiger charge is -2.07. The molecule has 0 rings (SSSR count). The molecule has 0 N–H and O–H groups in total. The van der Waals surface area contributed by atoms with Gasteiger partial charge < -0.3 is 0 Å². The molecule has 0 saturated carbocycles. The molecule has 0 spiro atoms. The van der Waals surface area contributed by atoms with Crippen molar-refractivity contribution in [3.05, 3.63) is 0 Å². The third kappa shape index (κ3) is 3.38. The first-order valence-electron chi connectivity index (χ1n) is 3.63. The van der Waals surface area contributed by atoms with Gasteiger partial charge in [0, 0.05) is 6.42 Å². The highest BCUT2D eigenvalue weighted by Crippen LogP contribution is 2.06. The molecule has 0 saturated heterocycles. The van der Waals surface area contributed by atoms with E-state index in [2.05, 4.69) is 0 Å². The Morgan fingerprint density at radius 1 is 1.55 bits per heavy atom. The number of rotatable bonds is 4. The van der Waals surface area contributed by atoms with Crippen molar-refractivity contribution in [3.8, 4) is 6.07 Å². The number of nitriles is 1. The highest BCUT2D eigenvalue weighted by atomic mass is 32.2. The molecule has 1 unspecified atom stereocenters. The van der Waals surface area contributed by atoms with Crippen LogP contribution >= 0.6 is 0 Å². The van der Waals surface area contributed by atoms with Crippen molar-refractivity contribution in [2.45, 2.75) is 31.9 Å². The molecule has 0 bridgehead atoms. The van der Waals surface area contributed by atoms with E-state index in [4.69, 9.17) is 5.26 Å². The first-order valence-corrected chi connectivity index (χ1v) is 5.34. The van der Waals surface area contributed by atoms with Gasteiger partial charge in [-0.3, -0.25) is 0 Å². The summed E-state index contributed by atoms with van der Waals surface area (Å²) in [6.07, 6.45) is 0.723. The summed E-state index contributed by atoms with van der Waals surface area (Å²) in [4.78, 5) is 0. The molecule has 11 heavy (non-hydrogen) atoms. The van der Waals surface area contributed by atoms with Crippen molar-refractivity contribution in [2.24, 2.45) is 0 Å². The maximum Gasteiger partial charge on any atom is 0.153 e.